The third kappa shape index (κ3) is 1.57. The normalized spacial score (nSPS) is 50.2. The molecule has 0 bridgehead atoms. The summed E-state index contributed by atoms with van der Waals surface area (Å²) in [5, 5.41) is 10.9. The molecule has 2 nitrogen and oxygen atoms in total. The van der Waals surface area contributed by atoms with Crippen molar-refractivity contribution in [2.45, 2.75) is 57.5 Å². The van der Waals surface area contributed by atoms with Crippen LogP contribution in [0.15, 0.2) is 23.8 Å². The Hall–Kier alpha value is -0.890. The van der Waals surface area contributed by atoms with Crippen LogP contribution in [-0.2, 0) is 4.79 Å². The highest BCUT2D eigenvalue weighted by molar-refractivity contribution is 5.92. The second kappa shape index (κ2) is 4.07. The fourth-order valence-electron chi connectivity index (χ4n) is 5.62. The molecule has 4 rings (SSSR count). The minimum absolute atomic E-state index is 0.164. The van der Waals surface area contributed by atoms with Gasteiger partial charge in [-0.3, -0.25) is 4.79 Å². The molecule has 0 radical (unpaired) electrons. The quantitative estimate of drug-likeness (QED) is 0.733. The number of aliphatic hydroxyl groups is 1. The Morgan fingerprint density at radius 3 is 2.90 bits per heavy atom. The molecular weight excluding hydrogens is 248 g/mol. The maximum Gasteiger partial charge on any atom is 0.156 e. The summed E-state index contributed by atoms with van der Waals surface area (Å²) in [7, 11) is 0. The van der Waals surface area contributed by atoms with Crippen molar-refractivity contribution in [2.75, 3.05) is 0 Å². The highest BCUT2D eigenvalue weighted by Crippen LogP contribution is 2.60. The van der Waals surface area contributed by atoms with Crippen LogP contribution in [0.2, 0.25) is 0 Å². The number of hydrogen-bond donors (Lipinski definition) is 1. The highest BCUT2D eigenvalue weighted by atomic mass is 16.3. The van der Waals surface area contributed by atoms with Crippen LogP contribution in [0.4, 0.5) is 0 Å². The van der Waals surface area contributed by atoms with Crippen molar-refractivity contribution in [3.63, 3.8) is 0 Å². The van der Waals surface area contributed by atoms with Crippen molar-refractivity contribution in [1.29, 1.82) is 0 Å². The number of allylic oxidation sites excluding steroid dienone is 4. The third-order valence-corrected chi connectivity index (χ3v) is 6.82. The van der Waals surface area contributed by atoms with Crippen molar-refractivity contribution in [3.8, 4) is 0 Å². The van der Waals surface area contributed by atoms with Crippen LogP contribution in [0, 0.1) is 23.2 Å². The van der Waals surface area contributed by atoms with Crippen molar-refractivity contribution in [2.24, 2.45) is 23.2 Å². The second-order valence-electron chi connectivity index (χ2n) is 7.67. The Balaban J connectivity index is 1.76. The summed E-state index contributed by atoms with van der Waals surface area (Å²) in [4.78, 5) is 11.7. The van der Waals surface area contributed by atoms with E-state index in [9.17, 15) is 9.90 Å². The van der Waals surface area contributed by atoms with Crippen LogP contribution >= 0.6 is 0 Å². The summed E-state index contributed by atoms with van der Waals surface area (Å²) >= 11 is 0. The van der Waals surface area contributed by atoms with Crippen LogP contribution in [0.3, 0.4) is 0 Å². The Morgan fingerprint density at radius 1 is 1.20 bits per heavy atom. The minimum Gasteiger partial charge on any atom is -0.390 e. The number of ketones is 1. The molecule has 0 spiro atoms. The maximum absolute atomic E-state index is 11.7. The Morgan fingerprint density at radius 2 is 2.05 bits per heavy atom. The molecule has 0 aliphatic heterocycles. The summed E-state index contributed by atoms with van der Waals surface area (Å²) < 4.78 is 0. The molecule has 1 N–H and O–H groups in total. The van der Waals surface area contributed by atoms with E-state index in [1.165, 1.54) is 18.4 Å². The van der Waals surface area contributed by atoms with Crippen molar-refractivity contribution in [1.82, 2.24) is 0 Å². The van der Waals surface area contributed by atoms with Gasteiger partial charge < -0.3 is 5.11 Å². The van der Waals surface area contributed by atoms with Crippen molar-refractivity contribution in [3.05, 3.63) is 23.8 Å². The summed E-state index contributed by atoms with van der Waals surface area (Å²) in [5.41, 5.74) is 1.02. The molecule has 5 atom stereocenters. The molecule has 108 valence electrons. The molecule has 0 saturated heterocycles. The monoisotopic (exact) mass is 272 g/mol. The van der Waals surface area contributed by atoms with E-state index in [0.717, 1.165) is 25.7 Å². The Bertz CT molecular complexity index is 518. The van der Waals surface area contributed by atoms with Gasteiger partial charge in [0.25, 0.3) is 0 Å². The van der Waals surface area contributed by atoms with E-state index in [0.29, 0.717) is 24.2 Å². The van der Waals surface area contributed by atoms with E-state index in [-0.39, 0.29) is 11.2 Å². The molecule has 0 aromatic rings. The van der Waals surface area contributed by atoms with Gasteiger partial charge in [0.1, 0.15) is 0 Å². The summed E-state index contributed by atoms with van der Waals surface area (Å²) in [6.45, 7) is 2.35. The molecule has 0 heterocycles. The van der Waals surface area contributed by atoms with E-state index in [4.69, 9.17) is 0 Å². The lowest BCUT2D eigenvalue weighted by atomic mass is 9.51. The molecule has 2 fully saturated rings. The van der Waals surface area contributed by atoms with E-state index in [1.807, 2.05) is 6.08 Å². The topological polar surface area (TPSA) is 37.3 Å². The lowest BCUT2D eigenvalue weighted by Crippen LogP contribution is -2.51. The fourth-order valence-corrected chi connectivity index (χ4v) is 5.62. The smallest absolute Gasteiger partial charge is 0.156 e. The lowest BCUT2D eigenvalue weighted by molar-refractivity contribution is -0.117. The molecule has 0 aromatic heterocycles. The summed E-state index contributed by atoms with van der Waals surface area (Å²) in [5.74, 6) is 1.88. The maximum atomic E-state index is 11.7. The molecular formula is C18H24O2. The Kier molecular flexibility index (Phi) is 2.61. The van der Waals surface area contributed by atoms with Gasteiger partial charge in [0.15, 0.2) is 5.78 Å². The van der Waals surface area contributed by atoms with Crippen molar-refractivity contribution < 1.29 is 9.90 Å². The first-order chi connectivity index (χ1) is 9.53. The lowest BCUT2D eigenvalue weighted by Gasteiger charge is -2.54. The van der Waals surface area contributed by atoms with Crippen LogP contribution in [-0.4, -0.2) is 16.5 Å². The van der Waals surface area contributed by atoms with Gasteiger partial charge in [0.05, 0.1) is 5.60 Å². The number of hydrogen-bond acceptors (Lipinski definition) is 2. The SMILES string of the molecule is C[C@]12CCC(=O)C=C1C=C[C@H]1[C@@H]3CCC[C@@]3(O)CC[C@@H]12. The van der Waals surface area contributed by atoms with Gasteiger partial charge >= 0.3 is 0 Å². The molecule has 2 saturated carbocycles. The van der Waals surface area contributed by atoms with Gasteiger partial charge in [-0.05, 0) is 66.9 Å². The van der Waals surface area contributed by atoms with E-state index in [1.54, 1.807) is 0 Å². The number of carbonyl (C=O) groups is 1. The standard InChI is InChI=1S/C18H24O2/c1-17-9-6-13(19)11-12(17)4-5-14-15(17)7-10-18(20)8-2-3-16(14)18/h4-5,11,14-16,20H,2-3,6-10H2,1H3/t14-,15+,16+,17+,18-/m1/s1. The van der Waals surface area contributed by atoms with Gasteiger partial charge in [-0.15, -0.1) is 0 Å². The van der Waals surface area contributed by atoms with E-state index < -0.39 is 5.60 Å². The van der Waals surface area contributed by atoms with E-state index in [2.05, 4.69) is 19.1 Å². The molecule has 4 aliphatic rings. The summed E-state index contributed by atoms with van der Waals surface area (Å²) in [6, 6.07) is 0. The predicted octanol–water partition coefficient (Wildman–Crippen LogP) is 3.41. The zero-order valence-electron chi connectivity index (χ0n) is 12.3. The van der Waals surface area contributed by atoms with Gasteiger partial charge in [-0.2, -0.15) is 0 Å². The second-order valence-corrected chi connectivity index (χ2v) is 7.67. The van der Waals surface area contributed by atoms with Crippen LogP contribution < -0.4 is 0 Å². The van der Waals surface area contributed by atoms with E-state index >= 15 is 0 Å². The Labute approximate surface area is 120 Å². The number of carbonyl (C=O) groups excluding carboxylic acids is 1. The first-order valence-corrected chi connectivity index (χ1v) is 8.19. The number of rotatable bonds is 0. The molecule has 20 heavy (non-hydrogen) atoms. The van der Waals surface area contributed by atoms with Gasteiger partial charge in [0.2, 0.25) is 0 Å². The first kappa shape index (κ1) is 12.8. The average Bonchev–Trinajstić information content (AvgIpc) is 2.81. The molecule has 0 aromatic carbocycles. The zero-order valence-corrected chi connectivity index (χ0v) is 12.3. The molecule has 2 heteroatoms. The van der Waals surface area contributed by atoms with Gasteiger partial charge in [0, 0.05) is 6.42 Å². The van der Waals surface area contributed by atoms with Crippen LogP contribution in [0.25, 0.3) is 0 Å². The van der Waals surface area contributed by atoms with Gasteiger partial charge in [-0.1, -0.05) is 25.5 Å². The summed E-state index contributed by atoms with van der Waals surface area (Å²) in [6.07, 6.45) is 13.5. The fraction of sp³-hybridized carbons (Fsp3) is 0.722. The average molecular weight is 272 g/mol. The first-order valence-electron chi connectivity index (χ1n) is 8.19. The van der Waals surface area contributed by atoms with Gasteiger partial charge in [-0.25, -0.2) is 0 Å². The predicted molar refractivity (Wildman–Crippen MR) is 78.1 cm³/mol. The highest BCUT2D eigenvalue weighted by Gasteiger charge is 2.55. The minimum atomic E-state index is -0.395. The largest absolute Gasteiger partial charge is 0.390 e. The molecule has 4 aliphatic carbocycles. The molecule has 0 amide bonds. The number of fused-ring (bicyclic) bond motifs is 5. The molecule has 0 unspecified atom stereocenters. The van der Waals surface area contributed by atoms with Crippen molar-refractivity contribution >= 4 is 5.78 Å². The van der Waals surface area contributed by atoms with Crippen LogP contribution in [0.5, 0.6) is 0 Å². The zero-order chi connectivity index (χ0) is 14.0. The van der Waals surface area contributed by atoms with Crippen LogP contribution in [0.1, 0.15) is 51.9 Å². The third-order valence-electron chi connectivity index (χ3n) is 6.82.